The van der Waals surface area contributed by atoms with Crippen molar-refractivity contribution in [3.63, 3.8) is 0 Å². The molecule has 0 aliphatic rings. The lowest BCUT2D eigenvalue weighted by atomic mass is 10.1. The number of rotatable bonds is 5. The van der Waals surface area contributed by atoms with Gasteiger partial charge in [-0.25, -0.2) is 0 Å². The number of benzene rings is 2. The van der Waals surface area contributed by atoms with Gasteiger partial charge in [-0.05, 0) is 55.2 Å². The van der Waals surface area contributed by atoms with E-state index in [9.17, 15) is 4.79 Å². The summed E-state index contributed by atoms with van der Waals surface area (Å²) in [5, 5.41) is 4.06. The number of amides is 1. The second-order valence-corrected chi connectivity index (χ2v) is 6.04. The Labute approximate surface area is 141 Å². The second-order valence-electron chi connectivity index (χ2n) is 6.04. The Morgan fingerprint density at radius 3 is 2.75 bits per heavy atom. The van der Waals surface area contributed by atoms with Crippen LogP contribution in [-0.2, 0) is 6.42 Å². The molecule has 2 N–H and O–H groups in total. The minimum absolute atomic E-state index is 0.0850. The maximum Gasteiger partial charge on any atom is 0.267 e. The highest BCUT2D eigenvalue weighted by molar-refractivity contribution is 5.99. The van der Waals surface area contributed by atoms with E-state index in [4.69, 9.17) is 4.74 Å². The molecule has 0 atom stereocenters. The Hall–Kier alpha value is -2.75. The summed E-state index contributed by atoms with van der Waals surface area (Å²) >= 11 is 0. The lowest BCUT2D eigenvalue weighted by molar-refractivity contribution is 0.0950. The van der Waals surface area contributed by atoms with Gasteiger partial charge in [0, 0.05) is 17.4 Å². The number of aromatic nitrogens is 1. The van der Waals surface area contributed by atoms with Gasteiger partial charge in [0.2, 0.25) is 0 Å². The summed E-state index contributed by atoms with van der Waals surface area (Å²) in [6.45, 7) is 4.68. The van der Waals surface area contributed by atoms with Crippen molar-refractivity contribution in [2.45, 2.75) is 20.3 Å². The summed E-state index contributed by atoms with van der Waals surface area (Å²) < 4.78 is 5.33. The average Bonchev–Trinajstić information content (AvgIpc) is 2.99. The molecule has 0 unspecified atom stereocenters. The van der Waals surface area contributed by atoms with Crippen LogP contribution in [0.1, 0.15) is 27.2 Å². The van der Waals surface area contributed by atoms with Gasteiger partial charge in [-0.3, -0.25) is 4.79 Å². The quantitative estimate of drug-likeness (QED) is 0.751. The lowest BCUT2D eigenvalue weighted by Gasteiger charge is -2.08. The molecule has 0 saturated heterocycles. The number of carbonyl (C=O) groups is 1. The average molecular weight is 322 g/mol. The van der Waals surface area contributed by atoms with Gasteiger partial charge in [0.05, 0.1) is 7.11 Å². The highest BCUT2D eigenvalue weighted by atomic mass is 16.5. The number of H-pyrrole nitrogens is 1. The van der Waals surface area contributed by atoms with Gasteiger partial charge < -0.3 is 15.0 Å². The van der Waals surface area contributed by atoms with Crippen molar-refractivity contribution in [1.82, 2.24) is 10.3 Å². The normalized spacial score (nSPS) is 10.8. The van der Waals surface area contributed by atoms with Crippen molar-refractivity contribution >= 4 is 16.8 Å². The van der Waals surface area contributed by atoms with Crippen molar-refractivity contribution in [2.24, 2.45) is 0 Å². The monoisotopic (exact) mass is 322 g/mol. The smallest absolute Gasteiger partial charge is 0.267 e. The van der Waals surface area contributed by atoms with Crippen LogP contribution in [0, 0.1) is 13.8 Å². The Balaban J connectivity index is 1.68. The fourth-order valence-electron chi connectivity index (χ4n) is 3.04. The van der Waals surface area contributed by atoms with E-state index < -0.39 is 0 Å². The Kier molecular flexibility index (Phi) is 4.56. The van der Waals surface area contributed by atoms with Gasteiger partial charge in [-0.1, -0.05) is 24.3 Å². The molecule has 0 aliphatic heterocycles. The highest BCUT2D eigenvalue weighted by Crippen LogP contribution is 2.21. The standard InChI is InChI=1S/C20H22N2O2/c1-13-10-14(2)16-12-18(22-17(16)11-13)20(23)21-9-8-15-6-4-5-7-19(15)24-3/h4-7,10-12,22H,8-9H2,1-3H3,(H,21,23). The molecule has 3 rings (SSSR count). The molecule has 0 spiro atoms. The zero-order valence-corrected chi connectivity index (χ0v) is 14.3. The van der Waals surface area contributed by atoms with Crippen LogP contribution < -0.4 is 10.1 Å². The molecule has 24 heavy (non-hydrogen) atoms. The van der Waals surface area contributed by atoms with E-state index in [0.717, 1.165) is 28.6 Å². The second kappa shape index (κ2) is 6.79. The first kappa shape index (κ1) is 16.1. The third-order valence-electron chi connectivity index (χ3n) is 4.21. The third-order valence-corrected chi connectivity index (χ3v) is 4.21. The van der Waals surface area contributed by atoms with Gasteiger partial charge >= 0.3 is 0 Å². The van der Waals surface area contributed by atoms with Crippen molar-refractivity contribution in [1.29, 1.82) is 0 Å². The van der Waals surface area contributed by atoms with E-state index in [1.165, 1.54) is 11.1 Å². The molecule has 1 heterocycles. The first-order valence-corrected chi connectivity index (χ1v) is 8.08. The molecule has 1 amide bonds. The molecular weight excluding hydrogens is 300 g/mol. The minimum atomic E-state index is -0.0850. The first-order chi connectivity index (χ1) is 11.6. The highest BCUT2D eigenvalue weighted by Gasteiger charge is 2.11. The van der Waals surface area contributed by atoms with E-state index in [0.29, 0.717) is 12.2 Å². The third kappa shape index (κ3) is 3.27. The lowest BCUT2D eigenvalue weighted by Crippen LogP contribution is -2.26. The number of carbonyl (C=O) groups excluding carboxylic acids is 1. The SMILES string of the molecule is COc1ccccc1CCNC(=O)c1cc2c(C)cc(C)cc2[nH]1. The largest absolute Gasteiger partial charge is 0.496 e. The summed E-state index contributed by atoms with van der Waals surface area (Å²) in [6.07, 6.45) is 0.730. The predicted molar refractivity (Wildman–Crippen MR) is 96.8 cm³/mol. The molecule has 0 radical (unpaired) electrons. The Morgan fingerprint density at radius 2 is 1.96 bits per heavy atom. The van der Waals surface area contributed by atoms with E-state index in [-0.39, 0.29) is 5.91 Å². The fourth-order valence-corrected chi connectivity index (χ4v) is 3.04. The first-order valence-electron chi connectivity index (χ1n) is 8.08. The van der Waals surface area contributed by atoms with E-state index in [1.807, 2.05) is 30.3 Å². The van der Waals surface area contributed by atoms with Crippen molar-refractivity contribution in [3.8, 4) is 5.75 Å². The molecule has 1 aromatic heterocycles. The molecule has 0 aliphatic carbocycles. The predicted octanol–water partition coefficient (Wildman–Crippen LogP) is 3.77. The number of methoxy groups -OCH3 is 1. The van der Waals surface area contributed by atoms with Crippen LogP contribution in [0.3, 0.4) is 0 Å². The molecule has 124 valence electrons. The number of hydrogen-bond donors (Lipinski definition) is 2. The number of aromatic amines is 1. The zero-order valence-electron chi connectivity index (χ0n) is 14.3. The molecular formula is C20H22N2O2. The minimum Gasteiger partial charge on any atom is -0.496 e. The summed E-state index contributed by atoms with van der Waals surface area (Å²) in [5.74, 6) is 0.765. The zero-order chi connectivity index (χ0) is 17.1. The number of aryl methyl sites for hydroxylation is 2. The van der Waals surface area contributed by atoms with Crippen molar-refractivity contribution < 1.29 is 9.53 Å². The van der Waals surface area contributed by atoms with Crippen LogP contribution in [0.15, 0.2) is 42.5 Å². The summed E-state index contributed by atoms with van der Waals surface area (Å²) in [4.78, 5) is 15.6. The summed E-state index contributed by atoms with van der Waals surface area (Å²) in [7, 11) is 1.66. The summed E-state index contributed by atoms with van der Waals surface area (Å²) in [5.41, 5.74) is 5.05. The van der Waals surface area contributed by atoms with E-state index in [2.05, 4.69) is 36.3 Å². The fraction of sp³-hybridized carbons (Fsp3) is 0.250. The van der Waals surface area contributed by atoms with Crippen molar-refractivity contribution in [2.75, 3.05) is 13.7 Å². The van der Waals surface area contributed by atoms with Crippen LogP contribution in [0.25, 0.3) is 10.9 Å². The van der Waals surface area contributed by atoms with Gasteiger partial charge in [-0.2, -0.15) is 0 Å². The van der Waals surface area contributed by atoms with Gasteiger partial charge in [0.15, 0.2) is 0 Å². The maximum absolute atomic E-state index is 12.4. The van der Waals surface area contributed by atoms with Crippen LogP contribution >= 0.6 is 0 Å². The topological polar surface area (TPSA) is 54.1 Å². The van der Waals surface area contributed by atoms with Gasteiger partial charge in [-0.15, -0.1) is 0 Å². The molecule has 4 nitrogen and oxygen atoms in total. The molecule has 0 saturated carbocycles. The van der Waals surface area contributed by atoms with Crippen molar-refractivity contribution in [3.05, 3.63) is 64.8 Å². The number of fused-ring (bicyclic) bond motifs is 1. The number of ether oxygens (including phenoxy) is 1. The Morgan fingerprint density at radius 1 is 1.17 bits per heavy atom. The van der Waals surface area contributed by atoms with E-state index in [1.54, 1.807) is 7.11 Å². The Bertz CT molecular complexity index is 880. The molecule has 4 heteroatoms. The van der Waals surface area contributed by atoms with Crippen LogP contribution in [0.4, 0.5) is 0 Å². The number of nitrogens with one attached hydrogen (secondary N) is 2. The van der Waals surface area contributed by atoms with Crippen LogP contribution in [-0.4, -0.2) is 24.5 Å². The van der Waals surface area contributed by atoms with Gasteiger partial charge in [0.1, 0.15) is 11.4 Å². The summed E-state index contributed by atoms with van der Waals surface area (Å²) in [6, 6.07) is 14.0. The molecule has 0 fully saturated rings. The molecule has 2 aromatic carbocycles. The van der Waals surface area contributed by atoms with Gasteiger partial charge in [0.25, 0.3) is 5.91 Å². The molecule has 3 aromatic rings. The molecule has 0 bridgehead atoms. The number of para-hydroxylation sites is 1. The van der Waals surface area contributed by atoms with E-state index >= 15 is 0 Å². The number of hydrogen-bond acceptors (Lipinski definition) is 2. The maximum atomic E-state index is 12.4. The van der Waals surface area contributed by atoms with Crippen LogP contribution in [0.2, 0.25) is 0 Å². The van der Waals surface area contributed by atoms with Crippen LogP contribution in [0.5, 0.6) is 5.75 Å².